The summed E-state index contributed by atoms with van der Waals surface area (Å²) in [5.74, 6) is 0.0301. The van der Waals surface area contributed by atoms with E-state index < -0.39 is 18.5 Å². The van der Waals surface area contributed by atoms with Crippen molar-refractivity contribution >= 4 is 27.9 Å². The van der Waals surface area contributed by atoms with Crippen LogP contribution in [0.2, 0.25) is 0 Å². The van der Waals surface area contributed by atoms with Crippen LogP contribution in [0.4, 0.5) is 10.2 Å². The van der Waals surface area contributed by atoms with Crippen molar-refractivity contribution in [1.82, 2.24) is 19.1 Å². The second-order valence-corrected chi connectivity index (χ2v) is 6.82. The molecule has 148 valence electrons. The molecule has 4 rings (SSSR count). The first-order valence-electron chi connectivity index (χ1n) is 8.98. The SMILES string of the molecule is CNc1nc2c(cc(-c3cc(F)cc(C#N)c3)n2C[C@@H](O)CO)c2c1ncn2C. The van der Waals surface area contributed by atoms with E-state index in [1.54, 1.807) is 24.0 Å². The minimum atomic E-state index is -1.03. The number of aliphatic hydroxyl groups excluding tert-OH is 2. The molecule has 0 bridgehead atoms. The van der Waals surface area contributed by atoms with Crippen LogP contribution in [0.15, 0.2) is 30.6 Å². The number of nitriles is 1. The van der Waals surface area contributed by atoms with Gasteiger partial charge in [0.25, 0.3) is 0 Å². The average molecular weight is 394 g/mol. The van der Waals surface area contributed by atoms with Gasteiger partial charge in [-0.15, -0.1) is 0 Å². The number of halogens is 1. The van der Waals surface area contributed by atoms with Crippen LogP contribution < -0.4 is 5.32 Å². The van der Waals surface area contributed by atoms with Crippen molar-refractivity contribution in [2.75, 3.05) is 19.0 Å². The fraction of sp³-hybridized carbons (Fsp3) is 0.250. The Morgan fingerprint density at radius 3 is 2.79 bits per heavy atom. The first-order valence-corrected chi connectivity index (χ1v) is 8.98. The maximum absolute atomic E-state index is 14.1. The molecule has 1 aromatic carbocycles. The molecule has 0 saturated carbocycles. The lowest BCUT2D eigenvalue weighted by Crippen LogP contribution is -2.20. The van der Waals surface area contributed by atoms with Gasteiger partial charge in [0, 0.05) is 25.0 Å². The van der Waals surface area contributed by atoms with Crippen LogP contribution in [0.3, 0.4) is 0 Å². The van der Waals surface area contributed by atoms with Gasteiger partial charge in [-0.3, -0.25) is 0 Å². The van der Waals surface area contributed by atoms with Gasteiger partial charge in [-0.05, 0) is 24.3 Å². The van der Waals surface area contributed by atoms with Crippen molar-refractivity contribution in [3.63, 3.8) is 0 Å². The van der Waals surface area contributed by atoms with Crippen molar-refractivity contribution in [2.45, 2.75) is 12.6 Å². The summed E-state index contributed by atoms with van der Waals surface area (Å²) in [5.41, 5.74) is 3.31. The predicted octanol–water partition coefficient (Wildman–Crippen LogP) is 2.00. The van der Waals surface area contributed by atoms with Gasteiger partial charge >= 0.3 is 0 Å². The maximum atomic E-state index is 14.1. The average Bonchev–Trinajstić information content (AvgIpc) is 3.27. The summed E-state index contributed by atoms with van der Waals surface area (Å²) in [7, 11) is 3.61. The number of rotatable bonds is 5. The van der Waals surface area contributed by atoms with E-state index in [4.69, 9.17) is 0 Å². The first-order chi connectivity index (χ1) is 14.0. The molecule has 0 unspecified atom stereocenters. The predicted molar refractivity (Wildman–Crippen MR) is 107 cm³/mol. The van der Waals surface area contributed by atoms with Crippen molar-refractivity contribution in [2.24, 2.45) is 7.05 Å². The largest absolute Gasteiger partial charge is 0.394 e. The Kier molecular flexibility index (Phi) is 4.66. The van der Waals surface area contributed by atoms with E-state index in [-0.39, 0.29) is 12.1 Å². The van der Waals surface area contributed by atoms with Gasteiger partial charge in [0.15, 0.2) is 5.82 Å². The third-order valence-electron chi connectivity index (χ3n) is 4.87. The van der Waals surface area contributed by atoms with E-state index in [1.165, 1.54) is 6.07 Å². The van der Waals surface area contributed by atoms with Crippen molar-refractivity contribution in [3.05, 3.63) is 42.0 Å². The molecule has 0 aliphatic carbocycles. The fourth-order valence-corrected chi connectivity index (χ4v) is 3.58. The number of pyridine rings is 1. The number of nitrogens with zero attached hydrogens (tertiary/aromatic N) is 5. The quantitative estimate of drug-likeness (QED) is 0.477. The van der Waals surface area contributed by atoms with Gasteiger partial charge < -0.3 is 24.7 Å². The summed E-state index contributed by atoms with van der Waals surface area (Å²) >= 11 is 0. The monoisotopic (exact) mass is 394 g/mol. The van der Waals surface area contributed by atoms with Crippen LogP contribution in [0.5, 0.6) is 0 Å². The molecular weight excluding hydrogens is 375 g/mol. The molecule has 0 spiro atoms. The zero-order valence-corrected chi connectivity index (χ0v) is 15.9. The highest BCUT2D eigenvalue weighted by molar-refractivity contribution is 6.07. The molecule has 0 fully saturated rings. The highest BCUT2D eigenvalue weighted by atomic mass is 19.1. The molecule has 1 atom stereocenters. The summed E-state index contributed by atoms with van der Waals surface area (Å²) < 4.78 is 17.7. The molecule has 3 aromatic heterocycles. The Balaban J connectivity index is 2.10. The summed E-state index contributed by atoms with van der Waals surface area (Å²) in [6, 6.07) is 7.87. The summed E-state index contributed by atoms with van der Waals surface area (Å²) in [6.07, 6.45) is 0.651. The number of hydrogen-bond donors (Lipinski definition) is 3. The normalized spacial score (nSPS) is 12.4. The number of benzene rings is 1. The Hall–Kier alpha value is -3.48. The smallest absolute Gasteiger partial charge is 0.156 e. The van der Waals surface area contributed by atoms with E-state index in [2.05, 4.69) is 15.3 Å². The van der Waals surface area contributed by atoms with Gasteiger partial charge in [-0.2, -0.15) is 5.26 Å². The zero-order chi connectivity index (χ0) is 20.7. The molecule has 3 N–H and O–H groups in total. The fourth-order valence-electron chi connectivity index (χ4n) is 3.58. The lowest BCUT2D eigenvalue weighted by Gasteiger charge is -2.14. The van der Waals surface area contributed by atoms with Gasteiger partial charge in [0.05, 0.1) is 48.4 Å². The highest BCUT2D eigenvalue weighted by Gasteiger charge is 2.21. The maximum Gasteiger partial charge on any atom is 0.156 e. The molecule has 8 nitrogen and oxygen atoms in total. The second-order valence-electron chi connectivity index (χ2n) is 6.82. The zero-order valence-electron chi connectivity index (χ0n) is 15.9. The molecule has 0 saturated heterocycles. The van der Waals surface area contributed by atoms with Crippen molar-refractivity contribution < 1.29 is 14.6 Å². The topological polar surface area (TPSA) is 112 Å². The van der Waals surface area contributed by atoms with Crippen LogP contribution in [0.25, 0.3) is 33.3 Å². The lowest BCUT2D eigenvalue weighted by molar-refractivity contribution is 0.0824. The van der Waals surface area contributed by atoms with E-state index in [0.717, 1.165) is 17.0 Å². The standard InChI is InChI=1S/C20H19FN6O2/c1-23-19-17-18(26(2)10-24-17)15-6-16(12-3-11(7-22)4-13(21)5-12)27(20(15)25-19)8-14(29)9-28/h3-6,10,14,28-29H,8-9H2,1-2H3,(H,23,25)/t14-/m1/s1. The number of fused-ring (bicyclic) bond motifs is 3. The van der Waals surface area contributed by atoms with Crippen molar-refractivity contribution in [1.29, 1.82) is 5.26 Å². The van der Waals surface area contributed by atoms with Crippen LogP contribution >= 0.6 is 0 Å². The molecule has 0 aliphatic rings. The summed E-state index contributed by atoms with van der Waals surface area (Å²) in [4.78, 5) is 9.06. The third kappa shape index (κ3) is 3.08. The summed E-state index contributed by atoms with van der Waals surface area (Å²) in [5, 5.41) is 32.5. The van der Waals surface area contributed by atoms with Crippen LogP contribution in [0.1, 0.15) is 5.56 Å². The molecular formula is C20H19FN6O2. The molecule has 29 heavy (non-hydrogen) atoms. The Bertz CT molecular complexity index is 1270. The van der Waals surface area contributed by atoms with E-state index >= 15 is 0 Å². The number of aryl methyl sites for hydroxylation is 1. The summed E-state index contributed by atoms with van der Waals surface area (Å²) in [6.45, 7) is -0.383. The molecule has 3 heterocycles. The van der Waals surface area contributed by atoms with E-state index in [1.807, 2.05) is 23.8 Å². The van der Waals surface area contributed by atoms with Crippen LogP contribution in [0, 0.1) is 17.1 Å². The lowest BCUT2D eigenvalue weighted by atomic mass is 10.1. The Morgan fingerprint density at radius 1 is 1.31 bits per heavy atom. The number of aliphatic hydroxyl groups is 2. The molecule has 0 aliphatic heterocycles. The highest BCUT2D eigenvalue weighted by Crippen LogP contribution is 2.35. The molecule has 9 heteroatoms. The molecule has 0 radical (unpaired) electrons. The molecule has 0 amide bonds. The van der Waals surface area contributed by atoms with E-state index in [9.17, 15) is 19.9 Å². The molecule has 4 aromatic rings. The Morgan fingerprint density at radius 2 is 2.10 bits per heavy atom. The van der Waals surface area contributed by atoms with Crippen molar-refractivity contribution in [3.8, 4) is 17.3 Å². The van der Waals surface area contributed by atoms with Gasteiger partial charge in [0.1, 0.15) is 17.0 Å². The second kappa shape index (κ2) is 7.16. The number of aromatic nitrogens is 4. The minimum absolute atomic E-state index is 0.0489. The minimum Gasteiger partial charge on any atom is -0.394 e. The van der Waals surface area contributed by atoms with Gasteiger partial charge in [-0.1, -0.05) is 0 Å². The van der Waals surface area contributed by atoms with Crippen LogP contribution in [-0.4, -0.2) is 49.1 Å². The first kappa shape index (κ1) is 18.9. The number of anilines is 1. The van der Waals surface area contributed by atoms with Crippen LogP contribution in [-0.2, 0) is 13.6 Å². The third-order valence-corrected chi connectivity index (χ3v) is 4.87. The number of nitrogens with one attached hydrogen (secondary N) is 1. The Labute approximate surface area is 165 Å². The van der Waals surface area contributed by atoms with Gasteiger partial charge in [0.2, 0.25) is 0 Å². The number of hydrogen-bond acceptors (Lipinski definition) is 6. The van der Waals surface area contributed by atoms with E-state index in [0.29, 0.717) is 28.2 Å². The number of imidazole rings is 1. The van der Waals surface area contributed by atoms with Gasteiger partial charge in [-0.25, -0.2) is 14.4 Å².